The van der Waals surface area contributed by atoms with Gasteiger partial charge in [-0.05, 0) is 36.6 Å². The van der Waals surface area contributed by atoms with Gasteiger partial charge < -0.3 is 5.73 Å². The molecule has 2 aromatic carbocycles. The molecule has 2 aromatic rings. The predicted octanol–water partition coefficient (Wildman–Crippen LogP) is 1.98. The van der Waals surface area contributed by atoms with E-state index in [-0.39, 0.29) is 23.2 Å². The van der Waals surface area contributed by atoms with Gasteiger partial charge in [0, 0.05) is 24.7 Å². The first-order valence-corrected chi connectivity index (χ1v) is 8.86. The molecule has 0 saturated carbocycles. The molecule has 3 rings (SSSR count). The number of nitro groups is 1. The second kappa shape index (κ2) is 5.88. The molecule has 0 fully saturated rings. The Morgan fingerprint density at radius 1 is 1.25 bits per heavy atom. The number of non-ortho nitro benzene ring substituents is 1. The number of aryl methyl sites for hydroxylation is 1. The number of nitro benzene ring substituents is 1. The van der Waals surface area contributed by atoms with Crippen molar-refractivity contribution in [1.82, 2.24) is 0 Å². The summed E-state index contributed by atoms with van der Waals surface area (Å²) < 4.78 is 27.5. The van der Waals surface area contributed by atoms with E-state index in [4.69, 9.17) is 5.73 Å². The highest BCUT2D eigenvalue weighted by molar-refractivity contribution is 7.92. The van der Waals surface area contributed by atoms with Crippen molar-refractivity contribution in [1.29, 1.82) is 0 Å². The van der Waals surface area contributed by atoms with Gasteiger partial charge in [-0.1, -0.05) is 18.2 Å². The number of hydrogen-bond acceptors (Lipinski definition) is 5. The van der Waals surface area contributed by atoms with Gasteiger partial charge >= 0.3 is 0 Å². The van der Waals surface area contributed by atoms with Crippen LogP contribution in [-0.4, -0.2) is 25.9 Å². The first-order chi connectivity index (χ1) is 11.3. The standard InChI is InChI=1S/C16H17N3O4S/c1-11-8-14(19(20)21)6-7-16(11)24(22,23)18-10-13(17)9-12-4-2-3-5-15(12)18/h2-8,13H,9-10,17H2,1H3. The lowest BCUT2D eigenvalue weighted by Gasteiger charge is -2.34. The van der Waals surface area contributed by atoms with Crippen LogP contribution in [0, 0.1) is 17.0 Å². The van der Waals surface area contributed by atoms with Gasteiger partial charge in [0.05, 0.1) is 15.5 Å². The summed E-state index contributed by atoms with van der Waals surface area (Å²) in [6.07, 6.45) is 0.613. The average molecular weight is 347 g/mol. The van der Waals surface area contributed by atoms with Crippen LogP contribution in [0.2, 0.25) is 0 Å². The third-order valence-electron chi connectivity index (χ3n) is 4.08. The Morgan fingerprint density at radius 3 is 2.62 bits per heavy atom. The Morgan fingerprint density at radius 2 is 1.96 bits per heavy atom. The number of para-hydroxylation sites is 1. The van der Waals surface area contributed by atoms with Gasteiger partial charge in [0.2, 0.25) is 0 Å². The molecule has 1 atom stereocenters. The minimum absolute atomic E-state index is 0.0528. The monoisotopic (exact) mass is 347 g/mol. The van der Waals surface area contributed by atoms with E-state index in [9.17, 15) is 18.5 Å². The van der Waals surface area contributed by atoms with Gasteiger partial charge in [-0.25, -0.2) is 8.42 Å². The number of nitrogens with two attached hydrogens (primary N) is 1. The molecule has 24 heavy (non-hydrogen) atoms. The normalized spacial score (nSPS) is 17.4. The molecule has 7 nitrogen and oxygen atoms in total. The Hall–Kier alpha value is -2.45. The van der Waals surface area contributed by atoms with E-state index in [0.29, 0.717) is 17.7 Å². The Kier molecular flexibility index (Phi) is 4.02. The molecule has 1 heterocycles. The first kappa shape index (κ1) is 16.4. The van der Waals surface area contributed by atoms with E-state index in [1.54, 1.807) is 19.1 Å². The zero-order chi connectivity index (χ0) is 17.5. The quantitative estimate of drug-likeness (QED) is 0.675. The van der Waals surface area contributed by atoms with Crippen molar-refractivity contribution in [3.05, 3.63) is 63.7 Å². The number of hydrogen-bond donors (Lipinski definition) is 1. The van der Waals surface area contributed by atoms with Gasteiger partial charge in [-0.3, -0.25) is 14.4 Å². The molecule has 0 spiro atoms. The number of nitrogens with zero attached hydrogens (tertiary/aromatic N) is 2. The van der Waals surface area contributed by atoms with Crippen molar-refractivity contribution in [3.8, 4) is 0 Å². The lowest BCUT2D eigenvalue weighted by molar-refractivity contribution is -0.385. The maximum atomic E-state index is 13.1. The maximum Gasteiger partial charge on any atom is 0.269 e. The van der Waals surface area contributed by atoms with Crippen molar-refractivity contribution in [2.45, 2.75) is 24.3 Å². The van der Waals surface area contributed by atoms with Crippen LogP contribution in [0.25, 0.3) is 0 Å². The zero-order valence-corrected chi connectivity index (χ0v) is 13.9. The molecular formula is C16H17N3O4S. The fourth-order valence-electron chi connectivity index (χ4n) is 2.97. The minimum atomic E-state index is -3.85. The third kappa shape index (κ3) is 2.74. The van der Waals surface area contributed by atoms with Crippen LogP contribution in [0.5, 0.6) is 0 Å². The van der Waals surface area contributed by atoms with Crippen LogP contribution in [0.3, 0.4) is 0 Å². The van der Waals surface area contributed by atoms with Crippen LogP contribution >= 0.6 is 0 Å². The SMILES string of the molecule is Cc1cc([N+](=O)[O-])ccc1S(=O)(=O)N1CC(N)Cc2ccccc21. The Bertz CT molecular complexity index is 911. The summed E-state index contributed by atoms with van der Waals surface area (Å²) in [6, 6.07) is 10.7. The summed E-state index contributed by atoms with van der Waals surface area (Å²) in [4.78, 5) is 10.4. The highest BCUT2D eigenvalue weighted by Crippen LogP contribution is 2.33. The molecule has 126 valence electrons. The van der Waals surface area contributed by atoms with E-state index in [0.717, 1.165) is 5.56 Å². The molecule has 1 aliphatic rings. The third-order valence-corrected chi connectivity index (χ3v) is 6.02. The number of sulfonamides is 1. The molecule has 0 aromatic heterocycles. The summed E-state index contributed by atoms with van der Waals surface area (Å²) >= 11 is 0. The Balaban J connectivity index is 2.10. The van der Waals surface area contributed by atoms with Crippen molar-refractivity contribution >= 4 is 21.4 Å². The number of anilines is 1. The molecule has 1 unspecified atom stereocenters. The predicted molar refractivity (Wildman–Crippen MR) is 90.5 cm³/mol. The fraction of sp³-hybridized carbons (Fsp3) is 0.250. The van der Waals surface area contributed by atoms with Crippen LogP contribution in [0.4, 0.5) is 11.4 Å². The Labute approximate surface area is 139 Å². The summed E-state index contributed by atoms with van der Waals surface area (Å²) in [5.41, 5.74) is 7.70. The van der Waals surface area contributed by atoms with Gasteiger partial charge in [0.25, 0.3) is 15.7 Å². The molecule has 0 aliphatic carbocycles. The molecule has 2 N–H and O–H groups in total. The second-order valence-electron chi connectivity index (χ2n) is 5.84. The van der Waals surface area contributed by atoms with Gasteiger partial charge in [0.15, 0.2) is 0 Å². The van der Waals surface area contributed by atoms with Crippen molar-refractivity contribution in [3.63, 3.8) is 0 Å². The van der Waals surface area contributed by atoms with Crippen molar-refractivity contribution in [2.24, 2.45) is 5.73 Å². The highest BCUT2D eigenvalue weighted by Gasteiger charge is 2.33. The highest BCUT2D eigenvalue weighted by atomic mass is 32.2. The lowest BCUT2D eigenvalue weighted by atomic mass is 10.0. The van der Waals surface area contributed by atoms with Crippen LogP contribution in [0.1, 0.15) is 11.1 Å². The summed E-state index contributed by atoms with van der Waals surface area (Å²) in [5, 5.41) is 10.9. The average Bonchev–Trinajstić information content (AvgIpc) is 2.53. The topological polar surface area (TPSA) is 107 Å². The molecule has 0 bridgehead atoms. The van der Waals surface area contributed by atoms with Gasteiger partial charge in [0.1, 0.15) is 0 Å². The molecule has 1 aliphatic heterocycles. The smallest absolute Gasteiger partial charge is 0.269 e. The molecule has 0 radical (unpaired) electrons. The van der Waals surface area contributed by atoms with Crippen LogP contribution in [-0.2, 0) is 16.4 Å². The fourth-order valence-corrected chi connectivity index (χ4v) is 4.74. The lowest BCUT2D eigenvalue weighted by Crippen LogP contribution is -2.46. The van der Waals surface area contributed by atoms with Crippen molar-refractivity contribution in [2.75, 3.05) is 10.8 Å². The van der Waals surface area contributed by atoms with E-state index in [2.05, 4.69) is 0 Å². The molecular weight excluding hydrogens is 330 g/mol. The number of fused-ring (bicyclic) bond motifs is 1. The summed E-state index contributed by atoms with van der Waals surface area (Å²) in [7, 11) is -3.85. The zero-order valence-electron chi connectivity index (χ0n) is 13.0. The van der Waals surface area contributed by atoms with Gasteiger partial charge in [-0.2, -0.15) is 0 Å². The van der Waals surface area contributed by atoms with E-state index in [1.165, 1.54) is 22.5 Å². The largest absolute Gasteiger partial charge is 0.326 e. The molecule has 0 saturated heterocycles. The van der Waals surface area contributed by atoms with Crippen LogP contribution < -0.4 is 10.0 Å². The summed E-state index contributed by atoms with van der Waals surface area (Å²) in [6.45, 7) is 1.73. The molecule has 8 heteroatoms. The van der Waals surface area contributed by atoms with Crippen molar-refractivity contribution < 1.29 is 13.3 Å². The minimum Gasteiger partial charge on any atom is -0.326 e. The molecule has 0 amide bonds. The van der Waals surface area contributed by atoms with Gasteiger partial charge in [-0.15, -0.1) is 0 Å². The maximum absolute atomic E-state index is 13.1. The van der Waals surface area contributed by atoms with E-state index >= 15 is 0 Å². The first-order valence-electron chi connectivity index (χ1n) is 7.42. The van der Waals surface area contributed by atoms with E-state index < -0.39 is 14.9 Å². The number of rotatable bonds is 3. The number of benzene rings is 2. The van der Waals surface area contributed by atoms with E-state index in [1.807, 2.05) is 12.1 Å². The second-order valence-corrected chi connectivity index (χ2v) is 7.67. The van der Waals surface area contributed by atoms with Crippen LogP contribution in [0.15, 0.2) is 47.4 Å². The summed E-state index contributed by atoms with van der Waals surface area (Å²) in [5.74, 6) is 0.